The summed E-state index contributed by atoms with van der Waals surface area (Å²) in [5, 5.41) is 8.63. The molecule has 25 heavy (non-hydrogen) atoms. The molecular formula is C20H20N2O3. The van der Waals surface area contributed by atoms with Crippen LogP contribution in [-0.4, -0.2) is 27.9 Å². The second kappa shape index (κ2) is 7.32. The van der Waals surface area contributed by atoms with Gasteiger partial charge in [-0.05, 0) is 34.8 Å². The van der Waals surface area contributed by atoms with E-state index in [0.29, 0.717) is 19.5 Å². The van der Waals surface area contributed by atoms with Crippen molar-refractivity contribution < 1.29 is 14.7 Å². The Kier molecular flexibility index (Phi) is 4.95. The lowest BCUT2D eigenvalue weighted by Gasteiger charge is -2.20. The highest BCUT2D eigenvalue weighted by molar-refractivity contribution is 5.85. The third kappa shape index (κ3) is 4.14. The minimum Gasteiger partial charge on any atom is -0.478 e. The van der Waals surface area contributed by atoms with Crippen LogP contribution >= 0.6 is 0 Å². The smallest absolute Gasteiger partial charge is 0.328 e. The maximum atomic E-state index is 12.6. The SMILES string of the molecule is N[C@H](Cc1ccc(C=CC(=O)O)cc1)C(=O)N1Cc2ccccc2C1. The molecule has 1 atom stereocenters. The van der Waals surface area contributed by atoms with Crippen molar-refractivity contribution in [2.75, 3.05) is 0 Å². The highest BCUT2D eigenvalue weighted by atomic mass is 16.4. The summed E-state index contributed by atoms with van der Waals surface area (Å²) in [5.74, 6) is -1.03. The summed E-state index contributed by atoms with van der Waals surface area (Å²) in [6, 6.07) is 14.8. The van der Waals surface area contributed by atoms with E-state index in [0.717, 1.165) is 17.2 Å². The van der Waals surface area contributed by atoms with Crippen LogP contribution in [0.15, 0.2) is 54.6 Å². The average Bonchev–Trinajstić information content (AvgIpc) is 3.04. The molecule has 1 aliphatic rings. The van der Waals surface area contributed by atoms with Gasteiger partial charge in [-0.25, -0.2) is 4.79 Å². The van der Waals surface area contributed by atoms with Crippen LogP contribution in [-0.2, 0) is 29.1 Å². The molecule has 2 aromatic rings. The largest absolute Gasteiger partial charge is 0.478 e. The average molecular weight is 336 g/mol. The maximum Gasteiger partial charge on any atom is 0.328 e. The van der Waals surface area contributed by atoms with Crippen molar-refractivity contribution in [2.24, 2.45) is 5.73 Å². The molecule has 0 radical (unpaired) electrons. The Bertz CT molecular complexity index is 787. The molecule has 3 rings (SSSR count). The van der Waals surface area contributed by atoms with Gasteiger partial charge in [-0.15, -0.1) is 0 Å². The zero-order valence-corrected chi connectivity index (χ0v) is 13.8. The van der Waals surface area contributed by atoms with Crippen LogP contribution < -0.4 is 5.73 Å². The number of hydrogen-bond acceptors (Lipinski definition) is 3. The number of carboxylic acids is 1. The second-order valence-corrected chi connectivity index (χ2v) is 6.19. The fourth-order valence-electron chi connectivity index (χ4n) is 3.00. The van der Waals surface area contributed by atoms with Crippen LogP contribution in [0.3, 0.4) is 0 Å². The van der Waals surface area contributed by atoms with Crippen molar-refractivity contribution in [2.45, 2.75) is 25.6 Å². The molecule has 1 amide bonds. The second-order valence-electron chi connectivity index (χ2n) is 6.19. The van der Waals surface area contributed by atoms with E-state index in [4.69, 9.17) is 10.8 Å². The van der Waals surface area contributed by atoms with E-state index in [1.165, 1.54) is 17.2 Å². The fourth-order valence-corrected chi connectivity index (χ4v) is 3.00. The van der Waals surface area contributed by atoms with E-state index in [1.807, 2.05) is 48.5 Å². The first kappa shape index (κ1) is 16.9. The number of benzene rings is 2. The number of aliphatic carboxylic acids is 1. The molecule has 0 aromatic heterocycles. The number of carbonyl (C=O) groups excluding carboxylic acids is 1. The Morgan fingerprint density at radius 2 is 1.68 bits per heavy atom. The predicted octanol–water partition coefficient (Wildman–Crippen LogP) is 2.20. The molecule has 0 saturated carbocycles. The van der Waals surface area contributed by atoms with Crippen molar-refractivity contribution >= 4 is 18.0 Å². The number of carboxylic acid groups (broad SMARTS) is 1. The Morgan fingerprint density at radius 1 is 1.08 bits per heavy atom. The molecule has 5 nitrogen and oxygen atoms in total. The van der Waals surface area contributed by atoms with Gasteiger partial charge in [0.15, 0.2) is 0 Å². The standard InChI is InChI=1S/C20H20N2O3/c21-18(11-15-7-5-14(6-8-15)9-10-19(23)24)20(25)22-12-16-3-1-2-4-17(16)13-22/h1-10,18H,11-13,21H2,(H,23,24)/t18-/m1/s1. The van der Waals surface area contributed by atoms with Crippen LogP contribution in [0, 0.1) is 0 Å². The van der Waals surface area contributed by atoms with Crippen molar-refractivity contribution in [1.82, 2.24) is 4.90 Å². The summed E-state index contributed by atoms with van der Waals surface area (Å²) in [6.07, 6.45) is 3.07. The Balaban J connectivity index is 1.60. The molecule has 0 bridgehead atoms. The predicted molar refractivity (Wildman–Crippen MR) is 95.5 cm³/mol. The lowest BCUT2D eigenvalue weighted by Crippen LogP contribution is -2.42. The number of carbonyl (C=O) groups is 2. The quantitative estimate of drug-likeness (QED) is 0.820. The van der Waals surface area contributed by atoms with Crippen LogP contribution in [0.5, 0.6) is 0 Å². The molecular weight excluding hydrogens is 316 g/mol. The van der Waals surface area contributed by atoms with Gasteiger partial charge in [0.1, 0.15) is 0 Å². The first-order valence-electron chi connectivity index (χ1n) is 8.14. The van der Waals surface area contributed by atoms with Crippen LogP contribution in [0.1, 0.15) is 22.3 Å². The molecule has 5 heteroatoms. The van der Waals surface area contributed by atoms with Gasteiger partial charge in [-0.1, -0.05) is 48.5 Å². The van der Waals surface area contributed by atoms with Gasteiger partial charge in [-0.2, -0.15) is 0 Å². The van der Waals surface area contributed by atoms with E-state index in [2.05, 4.69) is 0 Å². The zero-order chi connectivity index (χ0) is 17.8. The van der Waals surface area contributed by atoms with Gasteiger partial charge in [0, 0.05) is 19.2 Å². The number of amides is 1. The zero-order valence-electron chi connectivity index (χ0n) is 13.8. The Hall–Kier alpha value is -2.92. The third-order valence-corrected chi connectivity index (χ3v) is 4.32. The minimum atomic E-state index is -0.983. The molecule has 0 aliphatic carbocycles. The fraction of sp³-hybridized carbons (Fsp3) is 0.200. The lowest BCUT2D eigenvalue weighted by atomic mass is 10.0. The van der Waals surface area contributed by atoms with E-state index < -0.39 is 12.0 Å². The molecule has 2 aromatic carbocycles. The first-order chi connectivity index (χ1) is 12.0. The third-order valence-electron chi connectivity index (χ3n) is 4.32. The van der Waals surface area contributed by atoms with Gasteiger partial charge >= 0.3 is 5.97 Å². The van der Waals surface area contributed by atoms with Gasteiger partial charge in [0.2, 0.25) is 5.91 Å². The van der Waals surface area contributed by atoms with Crippen LogP contribution in [0.4, 0.5) is 0 Å². The first-order valence-corrected chi connectivity index (χ1v) is 8.14. The lowest BCUT2D eigenvalue weighted by molar-refractivity contribution is -0.133. The number of nitrogens with two attached hydrogens (primary N) is 1. The van der Waals surface area contributed by atoms with Crippen molar-refractivity contribution in [3.8, 4) is 0 Å². The molecule has 128 valence electrons. The summed E-state index contributed by atoms with van der Waals surface area (Å²) in [4.78, 5) is 24.9. The van der Waals surface area contributed by atoms with E-state index >= 15 is 0 Å². The number of rotatable bonds is 5. The van der Waals surface area contributed by atoms with Crippen molar-refractivity contribution in [3.63, 3.8) is 0 Å². The summed E-state index contributed by atoms with van der Waals surface area (Å²) in [6.45, 7) is 1.23. The number of fused-ring (bicyclic) bond motifs is 1. The summed E-state index contributed by atoms with van der Waals surface area (Å²) in [7, 11) is 0. The Labute approximate surface area is 146 Å². The molecule has 3 N–H and O–H groups in total. The molecule has 0 spiro atoms. The van der Waals surface area contributed by atoms with Crippen LogP contribution in [0.2, 0.25) is 0 Å². The maximum absolute atomic E-state index is 12.6. The van der Waals surface area contributed by atoms with Crippen molar-refractivity contribution in [3.05, 3.63) is 76.9 Å². The molecule has 0 unspecified atom stereocenters. The molecule has 0 fully saturated rings. The van der Waals surface area contributed by atoms with Gasteiger partial charge < -0.3 is 15.7 Å². The molecule has 0 saturated heterocycles. The summed E-state index contributed by atoms with van der Waals surface area (Å²) < 4.78 is 0. The normalized spacial score (nSPS) is 14.5. The van der Waals surface area contributed by atoms with Crippen LogP contribution in [0.25, 0.3) is 6.08 Å². The highest BCUT2D eigenvalue weighted by Crippen LogP contribution is 2.23. The van der Waals surface area contributed by atoms with E-state index in [1.54, 1.807) is 4.90 Å². The van der Waals surface area contributed by atoms with E-state index in [9.17, 15) is 9.59 Å². The Morgan fingerprint density at radius 3 is 2.24 bits per heavy atom. The molecule has 1 aliphatic heterocycles. The highest BCUT2D eigenvalue weighted by Gasteiger charge is 2.26. The number of hydrogen-bond donors (Lipinski definition) is 2. The van der Waals surface area contributed by atoms with Gasteiger partial charge in [0.25, 0.3) is 0 Å². The number of nitrogens with zero attached hydrogens (tertiary/aromatic N) is 1. The van der Waals surface area contributed by atoms with E-state index in [-0.39, 0.29) is 5.91 Å². The summed E-state index contributed by atoms with van der Waals surface area (Å²) in [5.41, 5.74) is 10.2. The van der Waals surface area contributed by atoms with Crippen molar-refractivity contribution in [1.29, 1.82) is 0 Å². The summed E-state index contributed by atoms with van der Waals surface area (Å²) >= 11 is 0. The van der Waals surface area contributed by atoms with Gasteiger partial charge in [-0.3, -0.25) is 4.79 Å². The monoisotopic (exact) mass is 336 g/mol. The van der Waals surface area contributed by atoms with Gasteiger partial charge in [0.05, 0.1) is 6.04 Å². The molecule has 1 heterocycles. The minimum absolute atomic E-state index is 0.0500. The topological polar surface area (TPSA) is 83.6 Å².